The summed E-state index contributed by atoms with van der Waals surface area (Å²) in [6.07, 6.45) is 1.14. The summed E-state index contributed by atoms with van der Waals surface area (Å²) in [5, 5.41) is 3.03. The summed E-state index contributed by atoms with van der Waals surface area (Å²) in [5.41, 5.74) is 1.30. The summed E-state index contributed by atoms with van der Waals surface area (Å²) in [5.74, 6) is 0.704. The first-order chi connectivity index (χ1) is 12.0. The van der Waals surface area contributed by atoms with Gasteiger partial charge in [0.05, 0.1) is 38.1 Å². The molecule has 7 heteroatoms. The molecular weight excluding hydrogens is 324 g/mol. The van der Waals surface area contributed by atoms with E-state index < -0.39 is 12.1 Å². The molecule has 1 aliphatic rings. The van der Waals surface area contributed by atoms with Crippen LogP contribution in [-0.4, -0.2) is 45.3 Å². The first kappa shape index (κ1) is 18.6. The summed E-state index contributed by atoms with van der Waals surface area (Å²) in [4.78, 5) is 26.9. The Balaban J connectivity index is 2.66. The van der Waals surface area contributed by atoms with Crippen molar-refractivity contribution in [1.82, 2.24) is 5.32 Å². The van der Waals surface area contributed by atoms with Crippen molar-refractivity contribution in [3.8, 4) is 11.5 Å². The number of ether oxygens (including phenoxy) is 3. The molecule has 0 saturated carbocycles. The lowest BCUT2D eigenvalue weighted by molar-refractivity contribution is 0.102. The highest BCUT2D eigenvalue weighted by Crippen LogP contribution is 2.41. The Morgan fingerprint density at radius 1 is 1.24 bits per heavy atom. The van der Waals surface area contributed by atoms with Gasteiger partial charge < -0.3 is 19.5 Å². The van der Waals surface area contributed by atoms with E-state index in [1.54, 1.807) is 32.2 Å². The third-order valence-corrected chi connectivity index (χ3v) is 4.03. The number of methoxy groups -OCH3 is 2. The van der Waals surface area contributed by atoms with Gasteiger partial charge in [0.15, 0.2) is 17.3 Å². The molecule has 0 radical (unpaired) electrons. The van der Waals surface area contributed by atoms with Gasteiger partial charge >= 0.3 is 6.09 Å². The van der Waals surface area contributed by atoms with Crippen molar-refractivity contribution in [2.24, 2.45) is 0 Å². The topological polar surface area (TPSA) is 77.1 Å². The molecule has 1 amide bonds. The van der Waals surface area contributed by atoms with E-state index in [4.69, 9.17) is 14.2 Å². The van der Waals surface area contributed by atoms with Gasteiger partial charge in [0, 0.05) is 24.4 Å². The lowest BCUT2D eigenvalue weighted by atomic mass is 9.90. The second-order valence-corrected chi connectivity index (χ2v) is 5.46. The molecule has 7 nitrogen and oxygen atoms in total. The van der Waals surface area contributed by atoms with E-state index in [1.165, 1.54) is 19.1 Å². The molecule has 0 saturated heterocycles. The Hall–Kier alpha value is -2.70. The average molecular weight is 348 g/mol. The fraction of sp³-hybridized carbons (Fsp3) is 0.444. The fourth-order valence-corrected chi connectivity index (χ4v) is 2.79. The van der Waals surface area contributed by atoms with Crippen molar-refractivity contribution in [3.63, 3.8) is 0 Å². The molecule has 1 atom stereocenters. The SMILES string of the molecule is CCNC=C1C(=O)c2cc(OC)c(OC)cc2N(C(=O)OCC)C1C. The number of carbonyl (C=O) groups excluding carboxylic acids is 2. The number of nitrogens with one attached hydrogen (secondary N) is 1. The van der Waals surface area contributed by atoms with Gasteiger partial charge in [0.2, 0.25) is 0 Å². The van der Waals surface area contributed by atoms with Crippen LogP contribution in [0.3, 0.4) is 0 Å². The monoisotopic (exact) mass is 348 g/mol. The van der Waals surface area contributed by atoms with Gasteiger partial charge in [0.25, 0.3) is 0 Å². The molecule has 0 bridgehead atoms. The number of hydrogen-bond acceptors (Lipinski definition) is 6. The minimum atomic E-state index is -0.515. The number of Topliss-reactive ketones (excluding diaryl/α,β-unsaturated/α-hetero) is 1. The predicted octanol–water partition coefficient (Wildman–Crippen LogP) is 2.74. The van der Waals surface area contributed by atoms with E-state index >= 15 is 0 Å². The highest BCUT2D eigenvalue weighted by Gasteiger charge is 2.38. The predicted molar refractivity (Wildman–Crippen MR) is 94.6 cm³/mol. The summed E-state index contributed by atoms with van der Waals surface area (Å²) in [6, 6.07) is 2.74. The van der Waals surface area contributed by atoms with Crippen molar-refractivity contribution in [2.75, 3.05) is 32.3 Å². The van der Waals surface area contributed by atoms with Gasteiger partial charge in [-0.2, -0.15) is 0 Å². The maximum absolute atomic E-state index is 12.9. The Bertz CT molecular complexity index is 699. The molecule has 0 aromatic heterocycles. The second kappa shape index (κ2) is 7.92. The fourth-order valence-electron chi connectivity index (χ4n) is 2.79. The zero-order valence-electron chi connectivity index (χ0n) is 15.2. The van der Waals surface area contributed by atoms with E-state index in [2.05, 4.69) is 5.32 Å². The number of nitrogens with zero attached hydrogens (tertiary/aromatic N) is 1. The molecule has 1 heterocycles. The third kappa shape index (κ3) is 3.40. The number of anilines is 1. The van der Waals surface area contributed by atoms with Gasteiger partial charge in [-0.05, 0) is 26.8 Å². The molecular formula is C18H24N2O5. The molecule has 0 aliphatic carbocycles. The second-order valence-electron chi connectivity index (χ2n) is 5.46. The van der Waals surface area contributed by atoms with E-state index in [1.807, 2.05) is 6.92 Å². The van der Waals surface area contributed by atoms with Gasteiger partial charge in [-0.3, -0.25) is 9.69 Å². The summed E-state index contributed by atoms with van der Waals surface area (Å²) < 4.78 is 15.8. The Morgan fingerprint density at radius 3 is 2.44 bits per heavy atom. The highest BCUT2D eigenvalue weighted by molar-refractivity contribution is 6.18. The maximum Gasteiger partial charge on any atom is 0.414 e. The molecule has 1 aromatic rings. The number of rotatable bonds is 5. The summed E-state index contributed by atoms with van der Waals surface area (Å²) in [6.45, 7) is 6.37. The van der Waals surface area contributed by atoms with E-state index in [0.29, 0.717) is 34.9 Å². The van der Waals surface area contributed by atoms with Crippen LogP contribution >= 0.6 is 0 Å². The van der Waals surface area contributed by atoms with Crippen LogP contribution in [0, 0.1) is 0 Å². The van der Waals surface area contributed by atoms with Crippen molar-refractivity contribution in [3.05, 3.63) is 29.5 Å². The van der Waals surface area contributed by atoms with Crippen LogP contribution in [0.2, 0.25) is 0 Å². The molecule has 0 fully saturated rings. The van der Waals surface area contributed by atoms with Crippen LogP contribution in [0.4, 0.5) is 10.5 Å². The minimum absolute atomic E-state index is 0.162. The smallest absolute Gasteiger partial charge is 0.414 e. The van der Waals surface area contributed by atoms with Crippen molar-refractivity contribution < 1.29 is 23.8 Å². The number of fused-ring (bicyclic) bond motifs is 1. The maximum atomic E-state index is 12.9. The van der Waals surface area contributed by atoms with Crippen LogP contribution in [0.1, 0.15) is 31.1 Å². The van der Waals surface area contributed by atoms with Gasteiger partial charge in [-0.1, -0.05) is 0 Å². The zero-order chi connectivity index (χ0) is 18.6. The minimum Gasteiger partial charge on any atom is -0.493 e. The summed E-state index contributed by atoms with van der Waals surface area (Å²) >= 11 is 0. The average Bonchev–Trinajstić information content (AvgIpc) is 2.61. The molecule has 1 aliphatic heterocycles. The standard InChI is InChI=1S/C18H24N2O5/c1-6-19-10-13-11(3)20(18(22)25-7-2)14-9-16(24-5)15(23-4)8-12(14)17(13)21/h8-11,19H,6-7H2,1-5H3. The third-order valence-electron chi connectivity index (χ3n) is 4.03. The molecule has 1 aromatic carbocycles. The van der Waals surface area contributed by atoms with Crippen molar-refractivity contribution >= 4 is 17.6 Å². The van der Waals surface area contributed by atoms with E-state index in [-0.39, 0.29) is 12.4 Å². The van der Waals surface area contributed by atoms with Gasteiger partial charge in [-0.15, -0.1) is 0 Å². The quantitative estimate of drug-likeness (QED) is 0.825. The molecule has 1 N–H and O–H groups in total. The molecule has 2 rings (SSSR count). The summed E-state index contributed by atoms with van der Waals surface area (Å²) in [7, 11) is 3.00. The zero-order valence-corrected chi connectivity index (χ0v) is 15.2. The Morgan fingerprint density at radius 2 is 1.88 bits per heavy atom. The van der Waals surface area contributed by atoms with Crippen LogP contribution < -0.4 is 19.7 Å². The van der Waals surface area contributed by atoms with Crippen molar-refractivity contribution in [2.45, 2.75) is 26.8 Å². The first-order valence-corrected chi connectivity index (χ1v) is 8.20. The van der Waals surface area contributed by atoms with Gasteiger partial charge in [0.1, 0.15) is 0 Å². The lowest BCUT2D eigenvalue weighted by Gasteiger charge is -2.35. The molecule has 1 unspecified atom stereocenters. The first-order valence-electron chi connectivity index (χ1n) is 8.20. The van der Waals surface area contributed by atoms with Crippen LogP contribution in [0.25, 0.3) is 0 Å². The van der Waals surface area contributed by atoms with Crippen LogP contribution in [0.5, 0.6) is 11.5 Å². The largest absolute Gasteiger partial charge is 0.493 e. The number of carbonyl (C=O) groups is 2. The highest BCUT2D eigenvalue weighted by atomic mass is 16.6. The number of benzene rings is 1. The Kier molecular flexibility index (Phi) is 5.90. The number of amides is 1. The number of ketones is 1. The van der Waals surface area contributed by atoms with E-state index in [0.717, 1.165) is 0 Å². The molecule has 0 spiro atoms. The Labute approximate surface area is 147 Å². The number of hydrogen-bond donors (Lipinski definition) is 1. The lowest BCUT2D eigenvalue weighted by Crippen LogP contribution is -2.46. The molecule has 25 heavy (non-hydrogen) atoms. The normalized spacial score (nSPS) is 18.0. The van der Waals surface area contributed by atoms with Crippen LogP contribution in [0.15, 0.2) is 23.9 Å². The van der Waals surface area contributed by atoms with E-state index in [9.17, 15) is 9.59 Å². The molecule has 136 valence electrons. The van der Waals surface area contributed by atoms with Crippen molar-refractivity contribution in [1.29, 1.82) is 0 Å². The van der Waals surface area contributed by atoms with Gasteiger partial charge in [-0.25, -0.2) is 4.79 Å². The van der Waals surface area contributed by atoms with Crippen LogP contribution in [-0.2, 0) is 4.74 Å².